The summed E-state index contributed by atoms with van der Waals surface area (Å²) in [5.41, 5.74) is 1.12. The van der Waals surface area contributed by atoms with Gasteiger partial charge in [-0.2, -0.15) is 0 Å². The number of likely N-dealkylation sites (tertiary alicyclic amines) is 1. The molecule has 1 heterocycles. The maximum Gasteiger partial charge on any atom is 0.237 e. The summed E-state index contributed by atoms with van der Waals surface area (Å²) in [7, 11) is 0. The van der Waals surface area contributed by atoms with Crippen LogP contribution in [0.4, 0.5) is 0 Å². The Morgan fingerprint density at radius 1 is 1.36 bits per heavy atom. The second-order valence-corrected chi connectivity index (χ2v) is 5.95. The number of carbonyl (C=O) groups is 1. The van der Waals surface area contributed by atoms with Crippen molar-refractivity contribution in [2.24, 2.45) is 0 Å². The van der Waals surface area contributed by atoms with Gasteiger partial charge in [-0.25, -0.2) is 0 Å². The zero-order valence-corrected chi connectivity index (χ0v) is 13.8. The van der Waals surface area contributed by atoms with Crippen molar-refractivity contribution in [3.63, 3.8) is 0 Å². The van der Waals surface area contributed by atoms with Crippen LogP contribution in [0, 0.1) is 6.92 Å². The summed E-state index contributed by atoms with van der Waals surface area (Å²) >= 11 is 0. The number of hydrogen-bond acceptors (Lipinski definition) is 3. The van der Waals surface area contributed by atoms with Crippen molar-refractivity contribution >= 4 is 5.91 Å². The lowest BCUT2D eigenvalue weighted by Gasteiger charge is -2.34. The highest BCUT2D eigenvalue weighted by atomic mass is 16.5. The first-order valence-electron chi connectivity index (χ1n) is 8.42. The van der Waals surface area contributed by atoms with Crippen molar-refractivity contribution in [2.75, 3.05) is 26.2 Å². The number of para-hydroxylation sites is 1. The molecule has 122 valence electrons. The molecular formula is C18H28N2O2. The van der Waals surface area contributed by atoms with Gasteiger partial charge in [0.15, 0.2) is 0 Å². The summed E-state index contributed by atoms with van der Waals surface area (Å²) < 4.78 is 5.72. The molecule has 1 fully saturated rings. The number of amides is 1. The van der Waals surface area contributed by atoms with E-state index >= 15 is 0 Å². The first-order valence-corrected chi connectivity index (χ1v) is 8.42. The molecule has 1 aliphatic heterocycles. The van der Waals surface area contributed by atoms with Crippen molar-refractivity contribution in [3.8, 4) is 5.75 Å². The van der Waals surface area contributed by atoms with Crippen molar-refractivity contribution in [1.29, 1.82) is 0 Å². The Morgan fingerprint density at radius 3 is 2.95 bits per heavy atom. The van der Waals surface area contributed by atoms with Crippen molar-refractivity contribution in [3.05, 3.63) is 29.8 Å². The minimum absolute atomic E-state index is 0.0483. The topological polar surface area (TPSA) is 41.6 Å². The third-order valence-corrected chi connectivity index (χ3v) is 4.18. The number of hydrogen-bond donors (Lipinski definition) is 1. The molecule has 4 nitrogen and oxygen atoms in total. The number of benzene rings is 1. The van der Waals surface area contributed by atoms with E-state index < -0.39 is 0 Å². The number of nitrogens with one attached hydrogen (secondary N) is 1. The monoisotopic (exact) mass is 304 g/mol. The smallest absolute Gasteiger partial charge is 0.237 e. The molecule has 0 saturated carbocycles. The molecular weight excluding hydrogens is 276 g/mol. The molecule has 1 aromatic carbocycles. The lowest BCUT2D eigenvalue weighted by Crippen LogP contribution is -2.50. The molecule has 2 rings (SSSR count). The van der Waals surface area contributed by atoms with E-state index in [0.29, 0.717) is 13.2 Å². The van der Waals surface area contributed by atoms with E-state index in [9.17, 15) is 4.79 Å². The fraction of sp³-hybridized carbons (Fsp3) is 0.611. The SMILES string of the molecule is CCCN1CCCCC1C(=O)NCCOc1ccccc1C. The number of rotatable bonds is 7. The molecule has 1 amide bonds. The van der Waals surface area contributed by atoms with Gasteiger partial charge in [0.1, 0.15) is 12.4 Å². The summed E-state index contributed by atoms with van der Waals surface area (Å²) in [6.07, 6.45) is 4.43. The number of aryl methyl sites for hydroxylation is 1. The molecule has 1 saturated heterocycles. The number of ether oxygens (including phenoxy) is 1. The van der Waals surface area contributed by atoms with E-state index in [0.717, 1.165) is 43.7 Å². The molecule has 0 aliphatic carbocycles. The summed E-state index contributed by atoms with van der Waals surface area (Å²) in [5, 5.41) is 3.02. The summed E-state index contributed by atoms with van der Waals surface area (Å²) in [5.74, 6) is 1.04. The Morgan fingerprint density at radius 2 is 2.18 bits per heavy atom. The second-order valence-electron chi connectivity index (χ2n) is 5.95. The average molecular weight is 304 g/mol. The summed E-state index contributed by atoms with van der Waals surface area (Å²) in [6.45, 7) is 7.32. The van der Waals surface area contributed by atoms with Crippen molar-refractivity contribution in [1.82, 2.24) is 10.2 Å². The highest BCUT2D eigenvalue weighted by Gasteiger charge is 2.27. The Labute approximate surface area is 133 Å². The third kappa shape index (κ3) is 4.73. The van der Waals surface area contributed by atoms with Crippen LogP contribution in [0.3, 0.4) is 0 Å². The molecule has 1 N–H and O–H groups in total. The lowest BCUT2D eigenvalue weighted by molar-refractivity contribution is -0.127. The molecule has 1 aliphatic rings. The maximum atomic E-state index is 12.4. The molecule has 22 heavy (non-hydrogen) atoms. The van der Waals surface area contributed by atoms with Gasteiger partial charge in [-0.3, -0.25) is 9.69 Å². The van der Waals surface area contributed by atoms with E-state index in [4.69, 9.17) is 4.74 Å². The van der Waals surface area contributed by atoms with Crippen LogP contribution in [0.5, 0.6) is 5.75 Å². The van der Waals surface area contributed by atoms with Crippen molar-refractivity contribution < 1.29 is 9.53 Å². The van der Waals surface area contributed by atoms with E-state index in [2.05, 4.69) is 17.1 Å². The Bertz CT molecular complexity index is 474. The van der Waals surface area contributed by atoms with Gasteiger partial charge in [0.05, 0.1) is 12.6 Å². The van der Waals surface area contributed by atoms with E-state index in [1.54, 1.807) is 0 Å². The first-order chi connectivity index (χ1) is 10.7. The minimum atomic E-state index is 0.0483. The molecule has 1 atom stereocenters. The van der Waals surface area contributed by atoms with Gasteiger partial charge in [-0.15, -0.1) is 0 Å². The minimum Gasteiger partial charge on any atom is -0.491 e. The zero-order chi connectivity index (χ0) is 15.8. The maximum absolute atomic E-state index is 12.4. The summed E-state index contributed by atoms with van der Waals surface area (Å²) in [4.78, 5) is 14.7. The lowest BCUT2D eigenvalue weighted by atomic mass is 10.0. The van der Waals surface area contributed by atoms with Gasteiger partial charge in [-0.1, -0.05) is 31.5 Å². The average Bonchev–Trinajstić information content (AvgIpc) is 2.54. The second kappa shape index (κ2) is 8.79. The largest absolute Gasteiger partial charge is 0.491 e. The zero-order valence-electron chi connectivity index (χ0n) is 13.8. The number of piperidine rings is 1. The highest BCUT2D eigenvalue weighted by molar-refractivity contribution is 5.81. The first kappa shape index (κ1) is 16.8. The molecule has 0 radical (unpaired) electrons. The Kier molecular flexibility index (Phi) is 6.72. The van der Waals surface area contributed by atoms with Gasteiger partial charge in [0.25, 0.3) is 0 Å². The van der Waals surface area contributed by atoms with Gasteiger partial charge < -0.3 is 10.1 Å². The number of carbonyl (C=O) groups excluding carboxylic acids is 1. The third-order valence-electron chi connectivity index (χ3n) is 4.18. The Balaban J connectivity index is 1.74. The molecule has 4 heteroatoms. The number of nitrogens with zero attached hydrogens (tertiary/aromatic N) is 1. The van der Waals surface area contributed by atoms with Crippen LogP contribution in [0.1, 0.15) is 38.2 Å². The van der Waals surface area contributed by atoms with Crippen LogP contribution in [0.25, 0.3) is 0 Å². The van der Waals surface area contributed by atoms with Crippen molar-refractivity contribution in [2.45, 2.75) is 45.6 Å². The highest BCUT2D eigenvalue weighted by Crippen LogP contribution is 2.18. The molecule has 0 aromatic heterocycles. The predicted molar refractivity (Wildman–Crippen MR) is 89.2 cm³/mol. The van der Waals surface area contributed by atoms with E-state index in [1.165, 1.54) is 6.42 Å². The van der Waals surface area contributed by atoms with Crippen LogP contribution in [-0.2, 0) is 4.79 Å². The van der Waals surface area contributed by atoms with Gasteiger partial charge >= 0.3 is 0 Å². The summed E-state index contributed by atoms with van der Waals surface area (Å²) in [6, 6.07) is 7.99. The van der Waals surface area contributed by atoms with E-state index in [-0.39, 0.29) is 11.9 Å². The van der Waals surface area contributed by atoms with Gasteiger partial charge in [0.2, 0.25) is 5.91 Å². The van der Waals surface area contributed by atoms with Crippen LogP contribution < -0.4 is 10.1 Å². The van der Waals surface area contributed by atoms with Crippen LogP contribution >= 0.6 is 0 Å². The van der Waals surface area contributed by atoms with Gasteiger partial charge in [0, 0.05) is 0 Å². The quantitative estimate of drug-likeness (QED) is 0.788. The Hall–Kier alpha value is -1.55. The molecule has 0 spiro atoms. The molecule has 0 bridgehead atoms. The standard InChI is InChI=1S/C18H28N2O2/c1-3-12-20-13-7-6-9-16(20)18(21)19-11-14-22-17-10-5-4-8-15(17)2/h4-5,8,10,16H,3,6-7,9,11-14H2,1-2H3,(H,19,21). The molecule has 1 unspecified atom stereocenters. The van der Waals surface area contributed by atoms with E-state index in [1.807, 2.05) is 31.2 Å². The van der Waals surface area contributed by atoms with Gasteiger partial charge in [-0.05, 0) is 50.9 Å². The fourth-order valence-electron chi connectivity index (χ4n) is 3.01. The normalized spacial score (nSPS) is 18.9. The fourth-order valence-corrected chi connectivity index (χ4v) is 3.01. The van der Waals surface area contributed by atoms with Crippen LogP contribution in [0.2, 0.25) is 0 Å². The molecule has 1 aromatic rings. The predicted octanol–water partition coefficient (Wildman–Crippen LogP) is 2.75. The van der Waals surface area contributed by atoms with Crippen LogP contribution in [-0.4, -0.2) is 43.1 Å². The van der Waals surface area contributed by atoms with Crippen LogP contribution in [0.15, 0.2) is 24.3 Å².